The van der Waals surface area contributed by atoms with Gasteiger partial charge in [-0.2, -0.15) is 0 Å². The summed E-state index contributed by atoms with van der Waals surface area (Å²) in [4.78, 5) is 24.5. The van der Waals surface area contributed by atoms with Gasteiger partial charge in [-0.3, -0.25) is 9.59 Å². The van der Waals surface area contributed by atoms with E-state index in [4.69, 9.17) is 23.2 Å². The molecule has 0 spiro atoms. The highest BCUT2D eigenvalue weighted by atomic mass is 35.5. The summed E-state index contributed by atoms with van der Waals surface area (Å²) in [5.41, 5.74) is 3.00. The van der Waals surface area contributed by atoms with Crippen molar-refractivity contribution < 1.29 is 9.59 Å². The molecule has 0 aliphatic carbocycles. The van der Waals surface area contributed by atoms with Gasteiger partial charge in [-0.1, -0.05) is 65.7 Å². The number of rotatable bonds is 7. The van der Waals surface area contributed by atoms with Crippen LogP contribution in [0.2, 0.25) is 10.0 Å². The number of hydrogen-bond acceptors (Lipinski definition) is 3. The maximum atomic E-state index is 12.6. The SMILES string of the molecule is CNC(=O)c1cc(NC(=O)CSC(c2ccccc2)c2ccc(Cl)cc2)ccc1Cl. The average Bonchev–Trinajstić information content (AvgIpc) is 2.76. The lowest BCUT2D eigenvalue weighted by molar-refractivity contribution is -0.113. The summed E-state index contributed by atoms with van der Waals surface area (Å²) in [5, 5.41) is 6.35. The van der Waals surface area contributed by atoms with E-state index in [2.05, 4.69) is 10.6 Å². The van der Waals surface area contributed by atoms with Crippen LogP contribution in [0.25, 0.3) is 0 Å². The van der Waals surface area contributed by atoms with Gasteiger partial charge in [-0.05, 0) is 41.5 Å². The molecule has 0 aliphatic heterocycles. The van der Waals surface area contributed by atoms with Crippen molar-refractivity contribution in [3.8, 4) is 0 Å². The lowest BCUT2D eigenvalue weighted by Gasteiger charge is -2.18. The number of halogens is 2. The van der Waals surface area contributed by atoms with E-state index < -0.39 is 0 Å². The van der Waals surface area contributed by atoms with Gasteiger partial charge >= 0.3 is 0 Å². The quantitative estimate of drug-likeness (QED) is 0.469. The summed E-state index contributed by atoms with van der Waals surface area (Å²) in [6, 6.07) is 22.5. The Bertz CT molecular complexity index is 1030. The zero-order valence-corrected chi connectivity index (χ0v) is 18.5. The molecule has 3 aromatic rings. The number of amides is 2. The van der Waals surface area contributed by atoms with Crippen LogP contribution in [0, 0.1) is 0 Å². The summed E-state index contributed by atoms with van der Waals surface area (Å²) in [5.74, 6) is -0.238. The first kappa shape index (κ1) is 22.2. The number of carbonyl (C=O) groups excluding carboxylic acids is 2. The Balaban J connectivity index is 1.72. The highest BCUT2D eigenvalue weighted by Crippen LogP contribution is 2.36. The maximum absolute atomic E-state index is 12.6. The third kappa shape index (κ3) is 5.79. The zero-order valence-electron chi connectivity index (χ0n) is 16.2. The van der Waals surface area contributed by atoms with E-state index in [0.717, 1.165) is 11.1 Å². The van der Waals surface area contributed by atoms with Gasteiger partial charge in [0.1, 0.15) is 0 Å². The molecule has 4 nitrogen and oxygen atoms in total. The Morgan fingerprint density at radius 1 is 0.933 bits per heavy atom. The monoisotopic (exact) mass is 458 g/mol. The molecule has 0 saturated heterocycles. The molecule has 2 N–H and O–H groups in total. The second kappa shape index (κ2) is 10.5. The van der Waals surface area contributed by atoms with E-state index in [0.29, 0.717) is 21.3 Å². The van der Waals surface area contributed by atoms with Crippen molar-refractivity contribution in [2.45, 2.75) is 5.25 Å². The van der Waals surface area contributed by atoms with Gasteiger partial charge < -0.3 is 10.6 Å². The molecule has 3 rings (SSSR count). The number of nitrogens with one attached hydrogen (secondary N) is 2. The molecule has 154 valence electrons. The highest BCUT2D eigenvalue weighted by molar-refractivity contribution is 8.00. The first-order chi connectivity index (χ1) is 14.5. The van der Waals surface area contributed by atoms with Crippen molar-refractivity contribution in [1.82, 2.24) is 5.32 Å². The maximum Gasteiger partial charge on any atom is 0.252 e. The first-order valence-electron chi connectivity index (χ1n) is 9.21. The predicted molar refractivity (Wildman–Crippen MR) is 126 cm³/mol. The van der Waals surface area contributed by atoms with Crippen LogP contribution >= 0.6 is 35.0 Å². The van der Waals surface area contributed by atoms with Gasteiger partial charge in [0.25, 0.3) is 5.91 Å². The lowest BCUT2D eigenvalue weighted by atomic mass is 10.0. The van der Waals surface area contributed by atoms with Crippen LogP contribution in [0.1, 0.15) is 26.7 Å². The summed E-state index contributed by atoms with van der Waals surface area (Å²) >= 11 is 13.6. The lowest BCUT2D eigenvalue weighted by Crippen LogP contribution is -2.19. The molecular formula is C23H20Cl2N2O2S. The van der Waals surface area contributed by atoms with Crippen LogP contribution in [-0.2, 0) is 4.79 Å². The molecule has 0 aromatic heterocycles. The van der Waals surface area contributed by atoms with E-state index in [1.807, 2.05) is 54.6 Å². The third-order valence-electron chi connectivity index (χ3n) is 4.38. The van der Waals surface area contributed by atoms with E-state index in [1.54, 1.807) is 18.2 Å². The van der Waals surface area contributed by atoms with Crippen LogP contribution in [0.3, 0.4) is 0 Å². The van der Waals surface area contributed by atoms with Crippen LogP contribution in [0.15, 0.2) is 72.8 Å². The zero-order chi connectivity index (χ0) is 21.5. The largest absolute Gasteiger partial charge is 0.355 e. The summed E-state index contributed by atoms with van der Waals surface area (Å²) < 4.78 is 0. The van der Waals surface area contributed by atoms with Crippen molar-refractivity contribution in [3.63, 3.8) is 0 Å². The molecule has 30 heavy (non-hydrogen) atoms. The fraction of sp³-hybridized carbons (Fsp3) is 0.130. The fourth-order valence-corrected chi connectivity index (χ4v) is 4.34. The molecule has 2 amide bonds. The Morgan fingerprint density at radius 3 is 2.27 bits per heavy atom. The standard InChI is InChI=1S/C23H20Cl2N2O2S/c1-26-23(29)19-13-18(11-12-20(19)25)27-21(28)14-30-22(15-5-3-2-4-6-15)16-7-9-17(24)10-8-16/h2-13,22H,14H2,1H3,(H,26,29)(H,27,28). The molecule has 1 atom stereocenters. The van der Waals surface area contributed by atoms with E-state index in [9.17, 15) is 9.59 Å². The van der Waals surface area contributed by atoms with E-state index >= 15 is 0 Å². The second-order valence-electron chi connectivity index (χ2n) is 6.48. The highest BCUT2D eigenvalue weighted by Gasteiger charge is 2.17. The molecule has 0 radical (unpaired) electrons. The van der Waals surface area contributed by atoms with Gasteiger partial charge in [-0.25, -0.2) is 0 Å². The Labute approximate surface area is 190 Å². The molecule has 0 saturated carbocycles. The van der Waals surface area contributed by atoms with Crippen LogP contribution in [0.4, 0.5) is 5.69 Å². The minimum atomic E-state index is -0.308. The topological polar surface area (TPSA) is 58.2 Å². The average molecular weight is 459 g/mol. The van der Waals surface area contributed by atoms with Crippen molar-refractivity contribution >= 4 is 52.5 Å². The molecule has 3 aromatic carbocycles. The number of hydrogen-bond donors (Lipinski definition) is 2. The van der Waals surface area contributed by atoms with Crippen LogP contribution < -0.4 is 10.6 Å². The number of thioether (sulfide) groups is 1. The van der Waals surface area contributed by atoms with Gasteiger partial charge in [0.2, 0.25) is 5.91 Å². The van der Waals surface area contributed by atoms with Gasteiger partial charge in [0, 0.05) is 17.8 Å². The first-order valence-corrected chi connectivity index (χ1v) is 11.0. The van der Waals surface area contributed by atoms with Gasteiger partial charge in [0.05, 0.1) is 21.6 Å². The molecular weight excluding hydrogens is 439 g/mol. The minimum Gasteiger partial charge on any atom is -0.355 e. The number of carbonyl (C=O) groups is 2. The van der Waals surface area contributed by atoms with E-state index in [-0.39, 0.29) is 22.8 Å². The van der Waals surface area contributed by atoms with Gasteiger partial charge in [0.15, 0.2) is 0 Å². The Hall–Kier alpha value is -2.47. The fourth-order valence-electron chi connectivity index (χ4n) is 2.92. The minimum absolute atomic E-state index is 0.0131. The van der Waals surface area contributed by atoms with Crippen molar-refractivity contribution in [2.24, 2.45) is 0 Å². The van der Waals surface area contributed by atoms with E-state index in [1.165, 1.54) is 18.8 Å². The molecule has 1 unspecified atom stereocenters. The summed E-state index contributed by atoms with van der Waals surface area (Å²) in [6.07, 6.45) is 0. The van der Waals surface area contributed by atoms with Gasteiger partial charge in [-0.15, -0.1) is 11.8 Å². The van der Waals surface area contributed by atoms with Crippen LogP contribution in [-0.4, -0.2) is 24.6 Å². The van der Waals surface area contributed by atoms with Crippen molar-refractivity contribution in [2.75, 3.05) is 18.1 Å². The molecule has 0 heterocycles. The smallest absolute Gasteiger partial charge is 0.252 e. The molecule has 0 fully saturated rings. The number of benzene rings is 3. The molecule has 0 aliphatic rings. The molecule has 0 bridgehead atoms. The predicted octanol–water partition coefficient (Wildman–Crippen LogP) is 5.81. The molecule has 7 heteroatoms. The van der Waals surface area contributed by atoms with Crippen LogP contribution in [0.5, 0.6) is 0 Å². The Kier molecular flexibility index (Phi) is 7.80. The van der Waals surface area contributed by atoms with Crippen molar-refractivity contribution in [3.05, 3.63) is 99.5 Å². The summed E-state index contributed by atoms with van der Waals surface area (Å²) in [6.45, 7) is 0. The Morgan fingerprint density at radius 2 is 1.60 bits per heavy atom. The second-order valence-corrected chi connectivity index (χ2v) is 8.41. The normalized spacial score (nSPS) is 11.6. The van der Waals surface area contributed by atoms with Crippen molar-refractivity contribution in [1.29, 1.82) is 0 Å². The summed E-state index contributed by atoms with van der Waals surface area (Å²) in [7, 11) is 1.53. The third-order valence-corrected chi connectivity index (χ3v) is 6.27. The number of anilines is 1.